The number of hydrogen-bond donors (Lipinski definition) is 3. The number of nitrogens with one attached hydrogen (secondary N) is 1. The van der Waals surface area contributed by atoms with Crippen LogP contribution in [0.4, 0.5) is 0 Å². The third-order valence-corrected chi connectivity index (χ3v) is 6.61. The summed E-state index contributed by atoms with van der Waals surface area (Å²) in [5.74, 6) is -2.42. The van der Waals surface area contributed by atoms with Crippen molar-refractivity contribution in [3.63, 3.8) is 0 Å². The molecule has 2 aromatic rings. The normalized spacial score (nSPS) is 14.7. The van der Waals surface area contributed by atoms with E-state index in [-0.39, 0.29) is 27.3 Å². The molecule has 0 amide bonds. The molecule has 0 bridgehead atoms. The molecule has 2 aromatic carbocycles. The largest absolute Gasteiger partial charge is 0.507 e. The van der Waals surface area contributed by atoms with E-state index < -0.39 is 45.0 Å². The summed E-state index contributed by atoms with van der Waals surface area (Å²) in [5, 5.41) is 20.1. The molecule has 170 valence electrons. The number of sulfonamides is 1. The van der Waals surface area contributed by atoms with Crippen LogP contribution in [-0.2, 0) is 10.0 Å². The molecule has 0 saturated carbocycles. The van der Waals surface area contributed by atoms with Gasteiger partial charge >= 0.3 is 0 Å². The molecule has 0 saturated heterocycles. The highest BCUT2D eigenvalue weighted by atomic mass is 32.2. The fourth-order valence-electron chi connectivity index (χ4n) is 3.50. The number of phenolic OH excluding ortho intramolecular Hbond substituents is 2. The molecular formula is C22H23NO8S. The first kappa shape index (κ1) is 23.3. The smallest absolute Gasteiger partial charge is 0.244 e. The Morgan fingerprint density at radius 2 is 1.56 bits per heavy atom. The summed E-state index contributed by atoms with van der Waals surface area (Å²) in [6.45, 7) is 3.35. The van der Waals surface area contributed by atoms with Crippen LogP contribution in [-0.4, -0.2) is 50.5 Å². The van der Waals surface area contributed by atoms with E-state index in [2.05, 4.69) is 4.72 Å². The first-order chi connectivity index (χ1) is 15.0. The second kappa shape index (κ2) is 8.64. The van der Waals surface area contributed by atoms with Crippen molar-refractivity contribution in [1.82, 2.24) is 4.72 Å². The molecule has 0 spiro atoms. The number of hydrogen-bond acceptors (Lipinski definition) is 8. The minimum atomic E-state index is -4.20. The molecule has 0 heterocycles. The molecule has 1 aliphatic rings. The standard InChI is InChI=1S/C22H23NO8S/c1-11(2)21(23-32(28,29)18-8-5-12(30-3)9-17(18)31-4)13-10-16(26)19-14(24)6-7-15(25)20(19)22(13)27/h5-11,21,23-25H,1-4H3. The van der Waals surface area contributed by atoms with E-state index in [0.29, 0.717) is 5.75 Å². The van der Waals surface area contributed by atoms with Crippen LogP contribution < -0.4 is 14.2 Å². The fraction of sp³-hybridized carbons (Fsp3) is 0.273. The molecule has 10 heteroatoms. The van der Waals surface area contributed by atoms with E-state index in [4.69, 9.17) is 9.47 Å². The van der Waals surface area contributed by atoms with Crippen LogP contribution >= 0.6 is 0 Å². The maximum absolute atomic E-state index is 13.2. The summed E-state index contributed by atoms with van der Waals surface area (Å²) in [6, 6.07) is 5.27. The van der Waals surface area contributed by atoms with Gasteiger partial charge in [0, 0.05) is 11.6 Å². The minimum Gasteiger partial charge on any atom is -0.507 e. The van der Waals surface area contributed by atoms with Gasteiger partial charge in [-0.05, 0) is 36.3 Å². The summed E-state index contributed by atoms with van der Waals surface area (Å²) < 4.78 is 39.1. The predicted octanol–water partition coefficient (Wildman–Crippen LogP) is 2.42. The Morgan fingerprint density at radius 3 is 2.12 bits per heavy atom. The monoisotopic (exact) mass is 461 g/mol. The third kappa shape index (κ3) is 4.06. The van der Waals surface area contributed by atoms with Crippen molar-refractivity contribution >= 4 is 21.6 Å². The lowest BCUT2D eigenvalue weighted by atomic mass is 9.82. The molecule has 1 aliphatic carbocycles. The lowest BCUT2D eigenvalue weighted by Gasteiger charge is -2.27. The Bertz CT molecular complexity index is 1230. The lowest BCUT2D eigenvalue weighted by molar-refractivity contribution is 0.0971. The molecule has 0 aliphatic heterocycles. The van der Waals surface area contributed by atoms with Gasteiger partial charge in [0.2, 0.25) is 10.0 Å². The van der Waals surface area contributed by atoms with Gasteiger partial charge < -0.3 is 19.7 Å². The zero-order valence-electron chi connectivity index (χ0n) is 17.9. The average molecular weight is 461 g/mol. The molecule has 3 rings (SSSR count). The van der Waals surface area contributed by atoms with Crippen LogP contribution in [0.2, 0.25) is 0 Å². The number of ether oxygens (including phenoxy) is 2. The maximum atomic E-state index is 13.2. The number of phenols is 2. The van der Waals surface area contributed by atoms with E-state index in [9.17, 15) is 28.2 Å². The van der Waals surface area contributed by atoms with Gasteiger partial charge in [-0.15, -0.1) is 0 Å². The van der Waals surface area contributed by atoms with E-state index >= 15 is 0 Å². The number of allylic oxidation sites excluding steroid dienone is 1. The Hall–Kier alpha value is -3.37. The molecule has 1 atom stereocenters. The van der Waals surface area contributed by atoms with Crippen molar-refractivity contribution in [3.8, 4) is 23.0 Å². The number of methoxy groups -OCH3 is 2. The van der Waals surface area contributed by atoms with Crippen molar-refractivity contribution in [2.75, 3.05) is 14.2 Å². The van der Waals surface area contributed by atoms with Crippen molar-refractivity contribution in [2.24, 2.45) is 5.92 Å². The second-order valence-electron chi connectivity index (χ2n) is 7.51. The highest BCUT2D eigenvalue weighted by Crippen LogP contribution is 2.37. The number of aromatic hydroxyl groups is 2. The molecular weight excluding hydrogens is 438 g/mol. The van der Waals surface area contributed by atoms with Gasteiger partial charge in [-0.3, -0.25) is 9.59 Å². The molecule has 3 N–H and O–H groups in total. The summed E-state index contributed by atoms with van der Waals surface area (Å²) in [4.78, 5) is 25.6. The third-order valence-electron chi connectivity index (χ3n) is 5.13. The summed E-state index contributed by atoms with van der Waals surface area (Å²) >= 11 is 0. The van der Waals surface area contributed by atoms with Crippen LogP contribution in [0.15, 0.2) is 46.9 Å². The molecule has 0 fully saturated rings. The van der Waals surface area contributed by atoms with Crippen LogP contribution in [0.5, 0.6) is 23.0 Å². The number of ketones is 2. The van der Waals surface area contributed by atoms with Gasteiger partial charge in [0.15, 0.2) is 11.6 Å². The number of carbonyl (C=O) groups excluding carboxylic acids is 2. The van der Waals surface area contributed by atoms with Crippen molar-refractivity contribution in [1.29, 1.82) is 0 Å². The highest BCUT2D eigenvalue weighted by molar-refractivity contribution is 7.89. The predicted molar refractivity (Wildman–Crippen MR) is 115 cm³/mol. The van der Waals surface area contributed by atoms with E-state index in [1.54, 1.807) is 13.8 Å². The summed E-state index contributed by atoms with van der Waals surface area (Å²) in [6.07, 6.45) is 0.988. The Balaban J connectivity index is 2.06. The maximum Gasteiger partial charge on any atom is 0.244 e. The number of rotatable bonds is 7. The summed E-state index contributed by atoms with van der Waals surface area (Å²) in [5.41, 5.74) is -0.824. The lowest BCUT2D eigenvalue weighted by Crippen LogP contribution is -2.43. The van der Waals surface area contributed by atoms with Gasteiger partial charge in [-0.2, -0.15) is 0 Å². The van der Waals surface area contributed by atoms with Gasteiger partial charge in [0.1, 0.15) is 27.9 Å². The molecule has 0 aromatic heterocycles. The first-order valence-electron chi connectivity index (χ1n) is 9.61. The number of carbonyl (C=O) groups is 2. The first-order valence-corrected chi connectivity index (χ1v) is 11.1. The van der Waals surface area contributed by atoms with E-state index in [1.165, 1.54) is 32.4 Å². The Morgan fingerprint density at radius 1 is 0.938 bits per heavy atom. The Kier molecular flexibility index (Phi) is 6.29. The van der Waals surface area contributed by atoms with Gasteiger partial charge in [-0.1, -0.05) is 13.8 Å². The topological polar surface area (TPSA) is 139 Å². The van der Waals surface area contributed by atoms with Crippen molar-refractivity contribution < 1.29 is 37.7 Å². The Labute approximate surface area is 185 Å². The van der Waals surface area contributed by atoms with Crippen LogP contribution in [0.25, 0.3) is 0 Å². The van der Waals surface area contributed by atoms with Gasteiger partial charge in [0.05, 0.1) is 31.4 Å². The van der Waals surface area contributed by atoms with E-state index in [1.807, 2.05) is 0 Å². The van der Waals surface area contributed by atoms with E-state index in [0.717, 1.165) is 18.2 Å². The zero-order valence-corrected chi connectivity index (χ0v) is 18.7. The quantitative estimate of drug-likeness (QED) is 0.534. The highest BCUT2D eigenvalue weighted by Gasteiger charge is 2.37. The van der Waals surface area contributed by atoms with Crippen molar-refractivity contribution in [3.05, 3.63) is 53.1 Å². The summed E-state index contributed by atoms with van der Waals surface area (Å²) in [7, 11) is -1.46. The minimum absolute atomic E-state index is 0.0345. The van der Waals surface area contributed by atoms with Crippen molar-refractivity contribution in [2.45, 2.75) is 24.8 Å². The van der Waals surface area contributed by atoms with Crippen LogP contribution in [0.1, 0.15) is 34.6 Å². The number of fused-ring (bicyclic) bond motifs is 1. The van der Waals surface area contributed by atoms with Gasteiger partial charge in [-0.25, -0.2) is 13.1 Å². The molecule has 9 nitrogen and oxygen atoms in total. The number of benzene rings is 2. The van der Waals surface area contributed by atoms with Crippen LogP contribution in [0, 0.1) is 5.92 Å². The second-order valence-corrected chi connectivity index (χ2v) is 9.19. The average Bonchev–Trinajstić information content (AvgIpc) is 2.75. The number of Topliss-reactive ketones (excluding diaryl/α,β-unsaturated/α-hetero) is 1. The zero-order chi connectivity index (χ0) is 23.8. The van der Waals surface area contributed by atoms with Crippen LogP contribution in [0.3, 0.4) is 0 Å². The fourth-order valence-corrected chi connectivity index (χ4v) is 5.02. The SMILES string of the molecule is COc1ccc(S(=O)(=O)NC(C2=CC(=O)c3c(O)ccc(O)c3C2=O)C(C)C)c(OC)c1. The molecule has 0 radical (unpaired) electrons. The molecule has 32 heavy (non-hydrogen) atoms. The van der Waals surface area contributed by atoms with Gasteiger partial charge in [0.25, 0.3) is 0 Å². The molecule has 1 unspecified atom stereocenters.